The second-order valence-corrected chi connectivity index (χ2v) is 7.79. The Balaban J connectivity index is 1.77. The van der Waals surface area contributed by atoms with Gasteiger partial charge in [0.25, 0.3) is 11.8 Å². The molecule has 2 aromatic rings. The van der Waals surface area contributed by atoms with Crippen molar-refractivity contribution in [3.8, 4) is 0 Å². The minimum atomic E-state index is -0.410. The third-order valence-electron chi connectivity index (χ3n) is 3.20. The van der Waals surface area contributed by atoms with Crippen molar-refractivity contribution in [2.45, 2.75) is 36.3 Å². The molecule has 0 aliphatic carbocycles. The molecule has 2 rings (SSSR count). The van der Waals surface area contributed by atoms with E-state index >= 15 is 0 Å². The molecule has 1 aromatic heterocycles. The average Bonchev–Trinajstić information content (AvgIpc) is 3.07. The van der Waals surface area contributed by atoms with Crippen molar-refractivity contribution in [2.75, 3.05) is 11.9 Å². The maximum absolute atomic E-state index is 12.1. The molecular formula is C16H21N5O2S2. The molecule has 0 bridgehead atoms. The number of aromatic nitrogens is 2. The van der Waals surface area contributed by atoms with Crippen molar-refractivity contribution >= 4 is 40.0 Å². The first-order valence-electron chi connectivity index (χ1n) is 7.99. The highest BCUT2D eigenvalue weighted by molar-refractivity contribution is 8.02. The Morgan fingerprint density at radius 1 is 1.20 bits per heavy atom. The summed E-state index contributed by atoms with van der Waals surface area (Å²) in [5.74, 6) is -0.658. The molecule has 0 spiro atoms. The van der Waals surface area contributed by atoms with E-state index < -0.39 is 5.25 Å². The summed E-state index contributed by atoms with van der Waals surface area (Å²) in [4.78, 5) is 24.0. The number of carbonyl (C=O) groups is 2. The number of rotatable bonds is 8. The number of unbranched alkanes of at least 4 members (excludes halogenated alkanes) is 1. The van der Waals surface area contributed by atoms with E-state index in [0.717, 1.165) is 24.5 Å². The predicted octanol–water partition coefficient (Wildman–Crippen LogP) is 2.69. The minimum absolute atomic E-state index is 0.301. The normalized spacial score (nSPS) is 11.6. The molecule has 0 aliphatic rings. The van der Waals surface area contributed by atoms with Crippen molar-refractivity contribution < 1.29 is 9.59 Å². The SMILES string of the molecule is CCCCNc1nnc(S[C@H](C)C(=O)NNC(=O)c2ccccc2)s1. The van der Waals surface area contributed by atoms with Crippen LogP contribution in [0.1, 0.15) is 37.0 Å². The van der Waals surface area contributed by atoms with Gasteiger partial charge in [-0.05, 0) is 25.5 Å². The summed E-state index contributed by atoms with van der Waals surface area (Å²) in [6, 6.07) is 8.69. The molecule has 25 heavy (non-hydrogen) atoms. The first-order valence-corrected chi connectivity index (χ1v) is 9.69. The molecule has 7 nitrogen and oxygen atoms in total. The van der Waals surface area contributed by atoms with Gasteiger partial charge in [-0.2, -0.15) is 0 Å². The summed E-state index contributed by atoms with van der Waals surface area (Å²) in [5.41, 5.74) is 5.32. The van der Waals surface area contributed by atoms with E-state index in [-0.39, 0.29) is 11.8 Å². The summed E-state index contributed by atoms with van der Waals surface area (Å²) in [6.07, 6.45) is 2.18. The topological polar surface area (TPSA) is 96.0 Å². The second kappa shape index (κ2) is 10.00. The smallest absolute Gasteiger partial charge is 0.269 e. The monoisotopic (exact) mass is 379 g/mol. The number of hydrogen-bond donors (Lipinski definition) is 3. The van der Waals surface area contributed by atoms with Gasteiger partial charge in [0.1, 0.15) is 0 Å². The minimum Gasteiger partial charge on any atom is -0.360 e. The van der Waals surface area contributed by atoms with Crippen LogP contribution in [0.5, 0.6) is 0 Å². The van der Waals surface area contributed by atoms with Crippen LogP contribution in [-0.2, 0) is 4.79 Å². The fourth-order valence-corrected chi connectivity index (χ4v) is 3.71. The van der Waals surface area contributed by atoms with Crippen molar-refractivity contribution in [3.63, 3.8) is 0 Å². The highest BCUT2D eigenvalue weighted by atomic mass is 32.2. The van der Waals surface area contributed by atoms with Gasteiger partial charge in [0.05, 0.1) is 5.25 Å². The predicted molar refractivity (Wildman–Crippen MR) is 101 cm³/mol. The zero-order valence-electron chi connectivity index (χ0n) is 14.1. The van der Waals surface area contributed by atoms with E-state index in [2.05, 4.69) is 33.3 Å². The van der Waals surface area contributed by atoms with E-state index in [1.54, 1.807) is 31.2 Å². The van der Waals surface area contributed by atoms with E-state index in [1.165, 1.54) is 23.1 Å². The number of hydrazine groups is 1. The second-order valence-electron chi connectivity index (χ2n) is 5.22. The Morgan fingerprint density at radius 3 is 2.68 bits per heavy atom. The van der Waals surface area contributed by atoms with Crippen LogP contribution in [0.3, 0.4) is 0 Å². The number of nitrogens with one attached hydrogen (secondary N) is 3. The van der Waals surface area contributed by atoms with Crippen LogP contribution < -0.4 is 16.2 Å². The van der Waals surface area contributed by atoms with Crippen LogP contribution in [-0.4, -0.2) is 33.8 Å². The summed E-state index contributed by atoms with van der Waals surface area (Å²) >= 11 is 2.71. The number of benzene rings is 1. The van der Waals surface area contributed by atoms with Crippen molar-refractivity contribution in [1.82, 2.24) is 21.0 Å². The van der Waals surface area contributed by atoms with Gasteiger partial charge in [0, 0.05) is 12.1 Å². The van der Waals surface area contributed by atoms with Gasteiger partial charge in [-0.25, -0.2) is 0 Å². The average molecular weight is 380 g/mol. The zero-order valence-corrected chi connectivity index (χ0v) is 15.7. The van der Waals surface area contributed by atoms with Crippen LogP contribution >= 0.6 is 23.1 Å². The third-order valence-corrected chi connectivity index (χ3v) is 5.26. The Labute approximate surface area is 155 Å². The number of nitrogens with zero attached hydrogens (tertiary/aromatic N) is 2. The molecule has 9 heteroatoms. The Bertz CT molecular complexity index is 693. The summed E-state index contributed by atoms with van der Waals surface area (Å²) in [7, 11) is 0. The fraction of sp³-hybridized carbons (Fsp3) is 0.375. The molecule has 0 unspecified atom stereocenters. The molecule has 3 N–H and O–H groups in total. The van der Waals surface area contributed by atoms with Gasteiger partial charge in [0.2, 0.25) is 5.13 Å². The number of carbonyl (C=O) groups excluding carboxylic acids is 2. The van der Waals surface area contributed by atoms with E-state index in [4.69, 9.17) is 0 Å². The molecule has 0 radical (unpaired) electrons. The third kappa shape index (κ3) is 6.35. The van der Waals surface area contributed by atoms with Crippen LogP contribution in [0.25, 0.3) is 0 Å². The van der Waals surface area contributed by atoms with Gasteiger partial charge in [0.15, 0.2) is 4.34 Å². The molecule has 0 saturated carbocycles. The molecular weight excluding hydrogens is 358 g/mol. The van der Waals surface area contributed by atoms with Gasteiger partial charge < -0.3 is 5.32 Å². The molecule has 1 heterocycles. The largest absolute Gasteiger partial charge is 0.360 e. The summed E-state index contributed by atoms with van der Waals surface area (Å²) < 4.78 is 0.705. The molecule has 0 saturated heterocycles. The van der Waals surface area contributed by atoms with Gasteiger partial charge >= 0.3 is 0 Å². The van der Waals surface area contributed by atoms with Gasteiger partial charge in [-0.3, -0.25) is 20.4 Å². The van der Waals surface area contributed by atoms with Crippen molar-refractivity contribution in [1.29, 1.82) is 0 Å². The maximum Gasteiger partial charge on any atom is 0.269 e. The Morgan fingerprint density at radius 2 is 1.96 bits per heavy atom. The molecule has 1 aromatic carbocycles. The Kier molecular flexibility index (Phi) is 7.68. The first kappa shape index (κ1) is 19.2. The highest BCUT2D eigenvalue weighted by Crippen LogP contribution is 2.28. The number of amides is 2. The van der Waals surface area contributed by atoms with Crippen LogP contribution in [0.15, 0.2) is 34.7 Å². The lowest BCUT2D eigenvalue weighted by molar-refractivity contribution is -0.121. The van der Waals surface area contributed by atoms with E-state index in [0.29, 0.717) is 9.90 Å². The number of hydrogen-bond acceptors (Lipinski definition) is 7. The maximum atomic E-state index is 12.1. The number of thioether (sulfide) groups is 1. The molecule has 1 atom stereocenters. The lowest BCUT2D eigenvalue weighted by Crippen LogP contribution is -2.44. The molecule has 134 valence electrons. The Hall–Kier alpha value is -2.13. The lowest BCUT2D eigenvalue weighted by Gasteiger charge is -2.11. The number of anilines is 1. The van der Waals surface area contributed by atoms with Crippen LogP contribution in [0.4, 0.5) is 5.13 Å². The molecule has 0 fully saturated rings. The molecule has 2 amide bonds. The van der Waals surface area contributed by atoms with Crippen molar-refractivity contribution in [3.05, 3.63) is 35.9 Å². The highest BCUT2D eigenvalue weighted by Gasteiger charge is 2.18. The summed E-state index contributed by atoms with van der Waals surface area (Å²) in [6.45, 7) is 4.73. The van der Waals surface area contributed by atoms with E-state index in [9.17, 15) is 9.59 Å². The fourth-order valence-electron chi connectivity index (χ4n) is 1.79. The summed E-state index contributed by atoms with van der Waals surface area (Å²) in [5, 5.41) is 11.7. The van der Waals surface area contributed by atoms with Gasteiger partial charge in [-0.15, -0.1) is 10.2 Å². The zero-order chi connectivity index (χ0) is 18.1. The van der Waals surface area contributed by atoms with Crippen LogP contribution in [0.2, 0.25) is 0 Å². The molecule has 0 aliphatic heterocycles. The quantitative estimate of drug-likeness (QED) is 0.371. The first-order chi connectivity index (χ1) is 12.1. The van der Waals surface area contributed by atoms with E-state index in [1.807, 2.05) is 6.07 Å². The van der Waals surface area contributed by atoms with Crippen molar-refractivity contribution in [2.24, 2.45) is 0 Å². The standard InChI is InChI=1S/C16H21N5O2S2/c1-3-4-10-17-15-20-21-16(25-15)24-11(2)13(22)18-19-14(23)12-8-6-5-7-9-12/h5-9,11H,3-4,10H2,1-2H3,(H,17,20)(H,18,22)(H,19,23)/t11-/m1/s1. The van der Waals surface area contributed by atoms with Crippen LogP contribution in [0, 0.1) is 0 Å². The van der Waals surface area contributed by atoms with Gasteiger partial charge in [-0.1, -0.05) is 54.6 Å². The lowest BCUT2D eigenvalue weighted by atomic mass is 10.2.